The fraction of sp³-hybridized carbons (Fsp3) is 0.550. The van der Waals surface area contributed by atoms with Crippen molar-refractivity contribution in [2.24, 2.45) is 17.6 Å². The lowest BCUT2D eigenvalue weighted by Gasteiger charge is -2.28. The van der Waals surface area contributed by atoms with Crippen LogP contribution in [-0.2, 0) is 4.79 Å². The normalized spacial score (nSPS) is 26.1. The minimum absolute atomic E-state index is 0.650. The van der Waals surface area contributed by atoms with Gasteiger partial charge in [0, 0.05) is 24.7 Å². The molecule has 164 valence electrons. The quantitative estimate of drug-likeness (QED) is 0.669. The molecule has 1 unspecified atom stereocenters. The molecule has 1 aliphatic carbocycles. The topological polar surface area (TPSA) is 89.9 Å². The summed E-state index contributed by atoms with van der Waals surface area (Å²) in [6.45, 7) is 2.18. The number of alkyl halides is 3. The number of carboxylic acids is 1. The van der Waals surface area contributed by atoms with E-state index in [0.717, 1.165) is 46.7 Å². The Kier molecular flexibility index (Phi) is 6.35. The van der Waals surface area contributed by atoms with E-state index in [1.54, 1.807) is 12.1 Å². The molecular formula is C20H26F3N4O3+. The highest BCUT2D eigenvalue weighted by Crippen LogP contribution is 2.39. The summed E-state index contributed by atoms with van der Waals surface area (Å²) in [5, 5.41) is 8.75. The molecule has 5 rings (SSSR count). The van der Waals surface area contributed by atoms with Gasteiger partial charge in [0.05, 0.1) is 17.7 Å². The van der Waals surface area contributed by atoms with Crippen molar-refractivity contribution in [1.82, 2.24) is 4.90 Å². The zero-order valence-corrected chi connectivity index (χ0v) is 16.7. The first kappa shape index (κ1) is 22.1. The summed E-state index contributed by atoms with van der Waals surface area (Å²) in [7, 11) is 1.79. The Morgan fingerprint density at radius 3 is 2.13 bits per heavy atom. The number of hydrogen-bond acceptors (Lipinski definition) is 4. The molecule has 1 aromatic carbocycles. The molecule has 3 heterocycles. The summed E-state index contributed by atoms with van der Waals surface area (Å²) in [4.78, 5) is 24.6. The Morgan fingerprint density at radius 1 is 1.13 bits per heavy atom. The van der Waals surface area contributed by atoms with Crippen molar-refractivity contribution < 1.29 is 27.9 Å². The van der Waals surface area contributed by atoms with Gasteiger partial charge in [-0.1, -0.05) is 18.2 Å². The summed E-state index contributed by atoms with van der Waals surface area (Å²) < 4.78 is 31.7. The van der Waals surface area contributed by atoms with Crippen LogP contribution in [0.2, 0.25) is 0 Å². The number of carbonyl (C=O) groups is 1. The SMILES string of the molecule is CN1c2ccccc2C(N2CC3CCC(CC3)C2)=CC(N)[N+]1=O.O=C(O)C(F)(F)F. The van der Waals surface area contributed by atoms with E-state index in [1.165, 1.54) is 25.7 Å². The third kappa shape index (κ3) is 4.75. The van der Waals surface area contributed by atoms with Crippen LogP contribution in [0.4, 0.5) is 18.9 Å². The fourth-order valence-corrected chi connectivity index (χ4v) is 4.36. The second kappa shape index (κ2) is 8.63. The molecule has 1 atom stereocenters. The summed E-state index contributed by atoms with van der Waals surface area (Å²) >= 11 is 0. The molecule has 3 N–H and O–H groups in total. The first-order valence-electron chi connectivity index (χ1n) is 9.89. The number of aliphatic carboxylic acids is 1. The van der Waals surface area contributed by atoms with Crippen molar-refractivity contribution in [2.75, 3.05) is 25.1 Å². The minimum atomic E-state index is -5.08. The average Bonchev–Trinajstić information content (AvgIpc) is 3.07. The number of para-hydroxylation sites is 1. The number of nitroso groups, excluding NO2 is 1. The Labute approximate surface area is 172 Å². The van der Waals surface area contributed by atoms with Gasteiger partial charge >= 0.3 is 18.3 Å². The number of hydrazine groups is 1. The van der Waals surface area contributed by atoms with Crippen LogP contribution in [0, 0.1) is 16.7 Å². The van der Waals surface area contributed by atoms with Crippen LogP contribution in [0.15, 0.2) is 30.3 Å². The average molecular weight is 427 g/mol. The number of anilines is 1. The number of halogens is 3. The Hall–Kier alpha value is -2.62. The van der Waals surface area contributed by atoms with Gasteiger partial charge in [-0.05, 0) is 43.6 Å². The van der Waals surface area contributed by atoms with Gasteiger partial charge in [-0.15, -0.1) is 5.01 Å². The number of nitrogens with two attached hydrogens (primary N) is 1. The molecule has 1 saturated carbocycles. The molecule has 0 amide bonds. The summed E-state index contributed by atoms with van der Waals surface area (Å²) in [6, 6.07) is 8.12. The monoisotopic (exact) mass is 427 g/mol. The van der Waals surface area contributed by atoms with Gasteiger partial charge in [0.2, 0.25) is 0 Å². The number of benzene rings is 1. The maximum atomic E-state index is 12.4. The first-order valence-corrected chi connectivity index (χ1v) is 9.89. The third-order valence-corrected chi connectivity index (χ3v) is 5.91. The molecule has 3 aliphatic heterocycles. The molecule has 10 heteroatoms. The summed E-state index contributed by atoms with van der Waals surface area (Å²) in [5.74, 6) is -1.20. The standard InChI is InChI=1S/C18H25N4O.C2HF3O2/c1-20-16-5-3-2-4-15(16)17(10-18(19)22(20)23)21-11-13-6-7-14(12-21)9-8-13;3-2(4,5)1(6)7/h2-5,10,13-14,18H,6-9,11-12,19H2,1H3;(H,6,7)/q+1;. The van der Waals surface area contributed by atoms with Crippen LogP contribution in [-0.4, -0.2) is 53.3 Å². The van der Waals surface area contributed by atoms with Gasteiger partial charge in [0.25, 0.3) is 0 Å². The smallest absolute Gasteiger partial charge is 0.475 e. The van der Waals surface area contributed by atoms with Crippen molar-refractivity contribution in [3.63, 3.8) is 0 Å². The number of nitrogens with zero attached hydrogens (tertiary/aromatic N) is 3. The van der Waals surface area contributed by atoms with Crippen LogP contribution < -0.4 is 10.7 Å². The Balaban J connectivity index is 0.000000318. The molecule has 2 bridgehead atoms. The number of fused-ring (bicyclic) bond motifs is 5. The second-order valence-electron chi connectivity index (χ2n) is 7.98. The van der Waals surface area contributed by atoms with Gasteiger partial charge in [-0.25, -0.2) is 4.79 Å². The predicted octanol–water partition coefficient (Wildman–Crippen LogP) is 3.21. The highest BCUT2D eigenvalue weighted by Gasteiger charge is 2.38. The molecule has 4 aliphatic rings. The maximum absolute atomic E-state index is 12.4. The Morgan fingerprint density at radius 2 is 1.63 bits per heavy atom. The summed E-state index contributed by atoms with van der Waals surface area (Å²) in [6.07, 6.45) is 1.58. The highest BCUT2D eigenvalue weighted by molar-refractivity contribution is 5.76. The van der Waals surface area contributed by atoms with Crippen molar-refractivity contribution >= 4 is 17.4 Å². The van der Waals surface area contributed by atoms with Crippen LogP contribution in [0.5, 0.6) is 0 Å². The molecule has 7 nitrogen and oxygen atoms in total. The third-order valence-electron chi connectivity index (χ3n) is 5.91. The highest BCUT2D eigenvalue weighted by atomic mass is 19.4. The number of rotatable bonds is 1. The van der Waals surface area contributed by atoms with E-state index >= 15 is 0 Å². The molecule has 2 saturated heterocycles. The van der Waals surface area contributed by atoms with Crippen molar-refractivity contribution in [2.45, 2.75) is 38.0 Å². The molecule has 0 spiro atoms. The van der Waals surface area contributed by atoms with E-state index in [4.69, 9.17) is 15.6 Å². The van der Waals surface area contributed by atoms with Gasteiger partial charge in [-0.3, -0.25) is 5.73 Å². The molecule has 30 heavy (non-hydrogen) atoms. The molecule has 1 aromatic rings. The number of hydrogen-bond donors (Lipinski definition) is 2. The van der Waals surface area contributed by atoms with E-state index in [2.05, 4.69) is 11.0 Å². The Bertz CT molecular complexity index is 821. The van der Waals surface area contributed by atoms with Crippen LogP contribution >= 0.6 is 0 Å². The minimum Gasteiger partial charge on any atom is -0.475 e. The van der Waals surface area contributed by atoms with Crippen molar-refractivity contribution in [3.8, 4) is 0 Å². The van der Waals surface area contributed by atoms with Crippen molar-refractivity contribution in [1.29, 1.82) is 0 Å². The lowest BCUT2D eigenvalue weighted by molar-refractivity contribution is -0.582. The first-order chi connectivity index (χ1) is 14.1. The van der Waals surface area contributed by atoms with Gasteiger partial charge in [-0.2, -0.15) is 13.2 Å². The lowest BCUT2D eigenvalue weighted by Crippen LogP contribution is -2.41. The van der Waals surface area contributed by atoms with E-state index < -0.39 is 18.3 Å². The molecule has 0 radical (unpaired) electrons. The van der Waals surface area contributed by atoms with E-state index in [9.17, 15) is 18.1 Å². The zero-order chi connectivity index (χ0) is 22.1. The van der Waals surface area contributed by atoms with Crippen molar-refractivity contribution in [3.05, 3.63) is 40.8 Å². The molecule has 0 aromatic heterocycles. The number of carboxylic acid groups (broad SMARTS) is 1. The molecule has 3 fully saturated rings. The second-order valence-corrected chi connectivity index (χ2v) is 7.98. The largest absolute Gasteiger partial charge is 0.490 e. The zero-order valence-electron chi connectivity index (χ0n) is 16.7. The van der Waals surface area contributed by atoms with Gasteiger partial charge < -0.3 is 10.0 Å². The molecular weight excluding hydrogens is 401 g/mol. The maximum Gasteiger partial charge on any atom is 0.490 e. The van der Waals surface area contributed by atoms with E-state index in [0.29, 0.717) is 0 Å². The van der Waals surface area contributed by atoms with Gasteiger partial charge in [0.1, 0.15) is 10.6 Å². The van der Waals surface area contributed by atoms with Crippen LogP contribution in [0.1, 0.15) is 31.2 Å². The fourth-order valence-electron chi connectivity index (χ4n) is 4.36. The van der Waals surface area contributed by atoms with E-state index in [-0.39, 0.29) is 0 Å². The van der Waals surface area contributed by atoms with Gasteiger partial charge in [0.15, 0.2) is 0 Å². The van der Waals surface area contributed by atoms with Crippen LogP contribution in [0.25, 0.3) is 5.70 Å². The predicted molar refractivity (Wildman–Crippen MR) is 105 cm³/mol. The summed E-state index contributed by atoms with van der Waals surface area (Å²) in [5.41, 5.74) is 9.32. The van der Waals surface area contributed by atoms with Crippen LogP contribution in [0.3, 0.4) is 0 Å². The lowest BCUT2D eigenvalue weighted by atomic mass is 9.84. The van der Waals surface area contributed by atoms with E-state index in [1.807, 2.05) is 24.3 Å².